The van der Waals surface area contributed by atoms with E-state index in [4.69, 9.17) is 4.74 Å². The van der Waals surface area contributed by atoms with Gasteiger partial charge in [0.1, 0.15) is 5.75 Å². The summed E-state index contributed by atoms with van der Waals surface area (Å²) in [6.45, 7) is 0. The van der Waals surface area contributed by atoms with Crippen molar-refractivity contribution in [2.45, 2.75) is 17.2 Å². The fourth-order valence-electron chi connectivity index (χ4n) is 2.54. The van der Waals surface area contributed by atoms with E-state index in [2.05, 4.69) is 14.7 Å². The Morgan fingerprint density at radius 3 is 2.33 bits per heavy atom. The Hall–Kier alpha value is -3.55. The lowest BCUT2D eigenvalue weighted by Gasteiger charge is -2.15. The second kappa shape index (κ2) is 8.77. The van der Waals surface area contributed by atoms with Crippen molar-refractivity contribution in [1.29, 1.82) is 0 Å². The Balaban J connectivity index is 1.87. The molecule has 0 bridgehead atoms. The second-order valence-electron chi connectivity index (χ2n) is 6.38. The molecule has 0 unspecified atom stereocenters. The molecule has 0 saturated carbocycles. The molecule has 33 heavy (non-hydrogen) atoms. The van der Waals surface area contributed by atoms with Crippen LogP contribution in [0.25, 0.3) is 12.2 Å². The van der Waals surface area contributed by atoms with Crippen molar-refractivity contribution >= 4 is 27.9 Å². The molecule has 7 nitrogen and oxygen atoms in total. The van der Waals surface area contributed by atoms with E-state index in [1.807, 2.05) is 4.72 Å². The van der Waals surface area contributed by atoms with Crippen LogP contribution in [0.2, 0.25) is 0 Å². The van der Waals surface area contributed by atoms with Crippen molar-refractivity contribution in [3.63, 3.8) is 0 Å². The van der Waals surface area contributed by atoms with Gasteiger partial charge in [0, 0.05) is 0 Å². The van der Waals surface area contributed by atoms with Gasteiger partial charge in [-0.25, -0.2) is 8.42 Å². The number of sulfonamides is 1. The van der Waals surface area contributed by atoms with E-state index in [0.717, 1.165) is 31.4 Å². The fourth-order valence-corrected chi connectivity index (χ4v) is 3.66. The van der Waals surface area contributed by atoms with Crippen molar-refractivity contribution < 1.29 is 44.0 Å². The van der Waals surface area contributed by atoms with Crippen LogP contribution in [0.4, 0.5) is 32.0 Å². The topological polar surface area (TPSA) is 94.3 Å². The summed E-state index contributed by atoms with van der Waals surface area (Å²) in [6, 6.07) is 7.39. The summed E-state index contributed by atoms with van der Waals surface area (Å²) in [5.41, 5.74) is -1.29. The molecule has 0 spiro atoms. The highest BCUT2D eigenvalue weighted by Gasteiger charge is 2.38. The maximum Gasteiger partial charge on any atom is 0.471 e. The highest BCUT2D eigenvalue weighted by molar-refractivity contribution is 7.92. The van der Waals surface area contributed by atoms with Crippen molar-refractivity contribution in [3.8, 4) is 5.75 Å². The number of aromatic nitrogens is 2. The molecule has 0 aliphatic rings. The minimum atomic E-state index is -4.82. The number of hydrogen-bond acceptors (Lipinski definition) is 6. The average Bonchev–Trinajstić information content (AvgIpc) is 3.21. The third-order valence-corrected chi connectivity index (χ3v) is 5.41. The summed E-state index contributed by atoms with van der Waals surface area (Å²) in [6.07, 6.45) is -7.23. The number of anilines is 1. The number of nitrogens with zero attached hydrogens (tertiary/aromatic N) is 2. The third-order valence-electron chi connectivity index (χ3n) is 4.05. The predicted octanol–water partition coefficient (Wildman–Crippen LogP) is 5.09. The van der Waals surface area contributed by atoms with Crippen molar-refractivity contribution in [1.82, 2.24) is 10.1 Å². The van der Waals surface area contributed by atoms with E-state index in [-0.39, 0.29) is 16.2 Å². The van der Waals surface area contributed by atoms with Crippen molar-refractivity contribution in [2.75, 3.05) is 11.8 Å². The van der Waals surface area contributed by atoms with Crippen molar-refractivity contribution in [2.24, 2.45) is 0 Å². The van der Waals surface area contributed by atoms with Gasteiger partial charge >= 0.3 is 18.2 Å². The number of rotatable bonds is 6. The third kappa shape index (κ3) is 5.83. The summed E-state index contributed by atoms with van der Waals surface area (Å²) in [7, 11) is -3.20. The van der Waals surface area contributed by atoms with Crippen LogP contribution in [0, 0.1) is 0 Å². The van der Waals surface area contributed by atoms with Crippen LogP contribution in [0.5, 0.6) is 5.75 Å². The first-order valence-corrected chi connectivity index (χ1v) is 10.2. The second-order valence-corrected chi connectivity index (χ2v) is 8.06. The molecule has 3 aromatic rings. The smallest absolute Gasteiger partial charge is 0.471 e. The highest BCUT2D eigenvalue weighted by Crippen LogP contribution is 2.36. The van der Waals surface area contributed by atoms with E-state index < -0.39 is 45.3 Å². The molecule has 14 heteroatoms. The first kappa shape index (κ1) is 24.1. The van der Waals surface area contributed by atoms with E-state index in [0.29, 0.717) is 6.07 Å². The van der Waals surface area contributed by atoms with E-state index >= 15 is 0 Å². The van der Waals surface area contributed by atoms with Crippen LogP contribution in [-0.4, -0.2) is 25.7 Å². The molecule has 0 atom stereocenters. The summed E-state index contributed by atoms with van der Waals surface area (Å²) < 4.78 is 113. The minimum Gasteiger partial charge on any atom is -0.495 e. The molecule has 1 heterocycles. The Morgan fingerprint density at radius 2 is 1.73 bits per heavy atom. The fraction of sp³-hybridized carbons (Fsp3) is 0.158. The first-order valence-electron chi connectivity index (χ1n) is 8.77. The lowest BCUT2D eigenvalue weighted by Crippen LogP contribution is -2.15. The number of hydrogen-bond donors (Lipinski definition) is 1. The number of benzene rings is 2. The van der Waals surface area contributed by atoms with Gasteiger partial charge in [-0.1, -0.05) is 23.4 Å². The zero-order chi connectivity index (χ0) is 24.4. The largest absolute Gasteiger partial charge is 0.495 e. The van der Waals surface area contributed by atoms with Crippen LogP contribution < -0.4 is 9.46 Å². The van der Waals surface area contributed by atoms with Gasteiger partial charge in [-0.15, -0.1) is 0 Å². The molecular formula is C19H13F6N3O4S. The Bertz CT molecular complexity index is 1280. The van der Waals surface area contributed by atoms with Crippen molar-refractivity contribution in [3.05, 3.63) is 65.3 Å². The number of alkyl halides is 6. The lowest BCUT2D eigenvalue weighted by molar-refractivity contribution is -0.159. The number of methoxy groups -OCH3 is 1. The molecule has 176 valence electrons. The van der Waals surface area contributed by atoms with Gasteiger partial charge < -0.3 is 9.26 Å². The number of ether oxygens (including phenoxy) is 1. The SMILES string of the molecule is COc1ccc(C(F)(F)F)cc1NS(=O)(=O)c1cccc(/C=C/c2noc(C(F)(F)F)n2)c1. The quantitative estimate of drug-likeness (QED) is 0.481. The number of halogens is 6. The van der Waals surface area contributed by atoms with Gasteiger partial charge in [0.05, 0.1) is 23.3 Å². The molecule has 0 saturated heterocycles. The van der Waals surface area contributed by atoms with Gasteiger partial charge in [-0.3, -0.25) is 4.72 Å². The van der Waals surface area contributed by atoms with Crippen LogP contribution in [0.15, 0.2) is 51.9 Å². The van der Waals surface area contributed by atoms with E-state index in [1.165, 1.54) is 24.3 Å². The van der Waals surface area contributed by atoms with Gasteiger partial charge in [0.2, 0.25) is 0 Å². The zero-order valence-corrected chi connectivity index (χ0v) is 17.2. The molecule has 0 amide bonds. The molecule has 3 rings (SSSR count). The van der Waals surface area contributed by atoms with Gasteiger partial charge in [0.25, 0.3) is 10.0 Å². The molecule has 0 aliphatic heterocycles. The Morgan fingerprint density at radius 1 is 1.00 bits per heavy atom. The van der Waals surface area contributed by atoms with Gasteiger partial charge in [0.15, 0.2) is 5.82 Å². The Labute approximate surface area is 182 Å². The maximum absolute atomic E-state index is 13.0. The number of nitrogens with one attached hydrogen (secondary N) is 1. The lowest BCUT2D eigenvalue weighted by atomic mass is 10.2. The average molecular weight is 493 g/mol. The van der Waals surface area contributed by atoms with Crippen LogP contribution in [0.1, 0.15) is 22.8 Å². The predicted molar refractivity (Wildman–Crippen MR) is 103 cm³/mol. The van der Waals surface area contributed by atoms with Gasteiger partial charge in [-0.05, 0) is 42.0 Å². The molecule has 0 aliphatic carbocycles. The van der Waals surface area contributed by atoms with Crippen LogP contribution in [-0.2, 0) is 22.4 Å². The molecular weight excluding hydrogens is 480 g/mol. The summed E-state index contributed by atoms with van der Waals surface area (Å²) >= 11 is 0. The highest BCUT2D eigenvalue weighted by atomic mass is 32.2. The van der Waals surface area contributed by atoms with Crippen LogP contribution in [0.3, 0.4) is 0 Å². The van der Waals surface area contributed by atoms with E-state index in [1.54, 1.807) is 0 Å². The van der Waals surface area contributed by atoms with Crippen LogP contribution >= 0.6 is 0 Å². The van der Waals surface area contributed by atoms with E-state index in [9.17, 15) is 34.8 Å². The normalized spacial score (nSPS) is 12.8. The zero-order valence-electron chi connectivity index (χ0n) is 16.4. The minimum absolute atomic E-state index is 0.139. The summed E-state index contributed by atoms with van der Waals surface area (Å²) in [5, 5.41) is 3.14. The molecule has 2 aromatic carbocycles. The molecule has 1 aromatic heterocycles. The monoisotopic (exact) mass is 493 g/mol. The summed E-state index contributed by atoms with van der Waals surface area (Å²) in [4.78, 5) is 2.82. The summed E-state index contributed by atoms with van der Waals surface area (Å²) in [5.74, 6) is -2.08. The molecule has 1 N–H and O–H groups in total. The van der Waals surface area contributed by atoms with Gasteiger partial charge in [-0.2, -0.15) is 31.3 Å². The molecule has 0 radical (unpaired) electrons. The first-order chi connectivity index (χ1) is 15.3. The Kier molecular flexibility index (Phi) is 6.40. The maximum atomic E-state index is 13.0. The standard InChI is InChI=1S/C19H13F6N3O4S/c1-31-15-7-6-12(18(20,21)22)10-14(15)28-33(29,30)13-4-2-3-11(9-13)5-8-16-26-17(32-27-16)19(23,24)25/h2-10,28H,1H3/b8-5+. The molecule has 0 fully saturated rings.